The van der Waals surface area contributed by atoms with Gasteiger partial charge in [-0.25, -0.2) is 17.6 Å². The van der Waals surface area contributed by atoms with E-state index in [9.17, 15) is 17.6 Å². The van der Waals surface area contributed by atoms with Crippen LogP contribution in [-0.2, 0) is 10.0 Å². The van der Waals surface area contributed by atoms with E-state index in [2.05, 4.69) is 9.71 Å². The van der Waals surface area contributed by atoms with Gasteiger partial charge in [0.2, 0.25) is 0 Å². The van der Waals surface area contributed by atoms with Crippen LogP contribution >= 0.6 is 11.6 Å². The van der Waals surface area contributed by atoms with Gasteiger partial charge in [-0.1, -0.05) is 11.6 Å². The topological polar surface area (TPSA) is 96.4 Å². The van der Waals surface area contributed by atoms with Crippen molar-refractivity contribution in [3.8, 4) is 0 Å². The normalized spacial score (nSPS) is 11.1. The average molecular weight is 331 g/mol. The van der Waals surface area contributed by atoms with Crippen LogP contribution in [0.1, 0.15) is 10.4 Å². The van der Waals surface area contributed by atoms with E-state index in [4.69, 9.17) is 16.7 Å². The molecule has 0 saturated heterocycles. The lowest BCUT2D eigenvalue weighted by Gasteiger charge is -2.10. The number of anilines is 1. The molecule has 2 rings (SSSR count). The highest BCUT2D eigenvalue weighted by molar-refractivity contribution is 7.92. The van der Waals surface area contributed by atoms with Crippen molar-refractivity contribution >= 4 is 33.3 Å². The van der Waals surface area contributed by atoms with Crippen molar-refractivity contribution in [2.45, 2.75) is 4.90 Å². The van der Waals surface area contributed by atoms with E-state index in [1.54, 1.807) is 0 Å². The van der Waals surface area contributed by atoms with Gasteiger partial charge >= 0.3 is 5.97 Å². The number of hydrogen-bond donors (Lipinski definition) is 2. The predicted octanol–water partition coefficient (Wildman–Crippen LogP) is 2.37. The molecule has 0 bridgehead atoms. The fourth-order valence-corrected chi connectivity index (χ4v) is 3.00. The lowest BCUT2D eigenvalue weighted by atomic mass is 10.2. The first-order valence-electron chi connectivity index (χ1n) is 5.46. The largest absolute Gasteiger partial charge is 0.478 e. The molecule has 0 aliphatic rings. The fourth-order valence-electron chi connectivity index (χ4n) is 1.55. The SMILES string of the molecule is O=C(O)c1cc(Cl)cc(S(=O)(=O)Nc2cccnc2)c1F. The summed E-state index contributed by atoms with van der Waals surface area (Å²) in [5, 5.41) is 8.64. The van der Waals surface area contributed by atoms with E-state index in [0.717, 1.165) is 12.1 Å². The van der Waals surface area contributed by atoms with Gasteiger partial charge in [-0.2, -0.15) is 0 Å². The first kappa shape index (κ1) is 15.2. The first-order valence-corrected chi connectivity index (χ1v) is 7.32. The standard InChI is InChI=1S/C12H8ClFN2O4S/c13-7-4-9(12(17)18)11(14)10(5-7)21(19,20)16-8-2-1-3-15-6-8/h1-6,16H,(H,17,18). The highest BCUT2D eigenvalue weighted by Crippen LogP contribution is 2.25. The Morgan fingerprint density at radius 3 is 2.67 bits per heavy atom. The van der Waals surface area contributed by atoms with Crippen molar-refractivity contribution < 1.29 is 22.7 Å². The number of halogens is 2. The molecular formula is C12H8ClFN2O4S. The van der Waals surface area contributed by atoms with Gasteiger partial charge in [0.15, 0.2) is 5.82 Å². The van der Waals surface area contributed by atoms with Crippen LogP contribution in [0.5, 0.6) is 0 Å². The molecule has 1 aromatic carbocycles. The Morgan fingerprint density at radius 1 is 1.38 bits per heavy atom. The second-order valence-electron chi connectivity index (χ2n) is 3.92. The molecule has 0 fully saturated rings. The summed E-state index contributed by atoms with van der Waals surface area (Å²) in [5.74, 6) is -3.00. The third kappa shape index (κ3) is 3.29. The Morgan fingerprint density at radius 2 is 2.10 bits per heavy atom. The van der Waals surface area contributed by atoms with Gasteiger partial charge < -0.3 is 5.11 Å². The summed E-state index contributed by atoms with van der Waals surface area (Å²) >= 11 is 5.64. The quantitative estimate of drug-likeness (QED) is 0.897. The van der Waals surface area contributed by atoms with Gasteiger partial charge in [0.1, 0.15) is 4.90 Å². The number of pyridine rings is 1. The number of benzene rings is 1. The van der Waals surface area contributed by atoms with Gasteiger partial charge in [-0.05, 0) is 24.3 Å². The minimum atomic E-state index is -4.34. The molecular weight excluding hydrogens is 323 g/mol. The van der Waals surface area contributed by atoms with E-state index in [1.165, 1.54) is 24.5 Å². The lowest BCUT2D eigenvalue weighted by Crippen LogP contribution is -2.16. The number of nitrogens with zero attached hydrogens (tertiary/aromatic N) is 1. The Hall–Kier alpha value is -2.19. The van der Waals surface area contributed by atoms with Gasteiger partial charge in [0.05, 0.1) is 17.4 Å². The number of aromatic nitrogens is 1. The van der Waals surface area contributed by atoms with Crippen molar-refractivity contribution in [2.75, 3.05) is 4.72 Å². The highest BCUT2D eigenvalue weighted by atomic mass is 35.5. The van der Waals surface area contributed by atoms with Crippen LogP contribution < -0.4 is 4.72 Å². The zero-order valence-electron chi connectivity index (χ0n) is 10.2. The number of aromatic carboxylic acids is 1. The molecule has 110 valence electrons. The molecule has 0 spiro atoms. The zero-order chi connectivity index (χ0) is 15.6. The molecule has 0 aliphatic heterocycles. The molecule has 9 heteroatoms. The van der Waals surface area contributed by atoms with Gasteiger partial charge in [-0.3, -0.25) is 9.71 Å². The molecule has 1 heterocycles. The summed E-state index contributed by atoms with van der Waals surface area (Å²) in [6.45, 7) is 0. The maximum atomic E-state index is 14.0. The summed E-state index contributed by atoms with van der Waals surface area (Å²) in [6, 6.07) is 4.56. The van der Waals surface area contributed by atoms with E-state index in [0.29, 0.717) is 0 Å². The van der Waals surface area contributed by atoms with Crippen LogP contribution in [0.15, 0.2) is 41.6 Å². The molecule has 0 radical (unpaired) electrons. The number of carbonyl (C=O) groups is 1. The van der Waals surface area contributed by atoms with Gasteiger partial charge in [0, 0.05) is 11.2 Å². The Labute approximate surface area is 124 Å². The molecule has 0 atom stereocenters. The summed E-state index contributed by atoms with van der Waals surface area (Å²) in [5.41, 5.74) is -0.720. The number of sulfonamides is 1. The Kier molecular flexibility index (Phi) is 4.10. The summed E-state index contributed by atoms with van der Waals surface area (Å²) in [4.78, 5) is 13.7. The summed E-state index contributed by atoms with van der Waals surface area (Å²) in [6.07, 6.45) is 2.65. The van der Waals surface area contributed by atoms with E-state index >= 15 is 0 Å². The maximum Gasteiger partial charge on any atom is 0.338 e. The molecule has 0 unspecified atom stereocenters. The van der Waals surface area contributed by atoms with Crippen LogP contribution in [0.25, 0.3) is 0 Å². The highest BCUT2D eigenvalue weighted by Gasteiger charge is 2.25. The van der Waals surface area contributed by atoms with E-state index < -0.39 is 32.3 Å². The molecule has 0 aliphatic carbocycles. The lowest BCUT2D eigenvalue weighted by molar-refractivity contribution is 0.0691. The predicted molar refractivity (Wildman–Crippen MR) is 73.4 cm³/mol. The van der Waals surface area contributed by atoms with Gasteiger partial charge in [0.25, 0.3) is 10.0 Å². The van der Waals surface area contributed by atoms with Crippen LogP contribution in [0, 0.1) is 5.82 Å². The van der Waals surface area contributed by atoms with Crippen molar-refractivity contribution in [1.29, 1.82) is 0 Å². The van der Waals surface area contributed by atoms with E-state index in [-0.39, 0.29) is 10.7 Å². The minimum Gasteiger partial charge on any atom is -0.478 e. The van der Waals surface area contributed by atoms with Crippen molar-refractivity contribution in [3.63, 3.8) is 0 Å². The van der Waals surface area contributed by atoms with E-state index in [1.807, 2.05) is 0 Å². The zero-order valence-corrected chi connectivity index (χ0v) is 11.8. The number of carboxylic acids is 1. The first-order chi connectivity index (χ1) is 9.81. The van der Waals surface area contributed by atoms with Crippen LogP contribution in [0.3, 0.4) is 0 Å². The number of hydrogen-bond acceptors (Lipinski definition) is 4. The minimum absolute atomic E-state index is 0.105. The van der Waals surface area contributed by atoms with Crippen molar-refractivity contribution in [2.24, 2.45) is 0 Å². The molecule has 21 heavy (non-hydrogen) atoms. The van der Waals surface area contributed by atoms with Crippen molar-refractivity contribution in [1.82, 2.24) is 4.98 Å². The molecule has 0 amide bonds. The monoisotopic (exact) mass is 330 g/mol. The molecule has 2 N–H and O–H groups in total. The number of nitrogens with one attached hydrogen (secondary N) is 1. The molecule has 2 aromatic rings. The van der Waals surface area contributed by atoms with Crippen LogP contribution in [0.2, 0.25) is 5.02 Å². The third-order valence-electron chi connectivity index (χ3n) is 2.44. The average Bonchev–Trinajstić information content (AvgIpc) is 2.41. The molecule has 6 nitrogen and oxygen atoms in total. The van der Waals surface area contributed by atoms with Crippen molar-refractivity contribution in [3.05, 3.63) is 53.1 Å². The summed E-state index contributed by atoms with van der Waals surface area (Å²) < 4.78 is 40.4. The van der Waals surface area contributed by atoms with Crippen LogP contribution in [-0.4, -0.2) is 24.5 Å². The second kappa shape index (κ2) is 5.66. The molecule has 0 saturated carbocycles. The molecule has 1 aromatic heterocycles. The van der Waals surface area contributed by atoms with Gasteiger partial charge in [-0.15, -0.1) is 0 Å². The number of rotatable bonds is 4. The maximum absolute atomic E-state index is 14.0. The van der Waals surface area contributed by atoms with Crippen LogP contribution in [0.4, 0.5) is 10.1 Å². The smallest absolute Gasteiger partial charge is 0.338 e. The third-order valence-corrected chi connectivity index (χ3v) is 4.04. The second-order valence-corrected chi connectivity index (χ2v) is 6.01. The Bertz CT molecular complexity index is 796. The Balaban J connectivity index is 2.53. The number of carboxylic acid groups (broad SMARTS) is 1. The fraction of sp³-hybridized carbons (Fsp3) is 0. The summed E-state index contributed by atoms with van der Waals surface area (Å²) in [7, 11) is -4.34.